The number of carbonyl (C=O) groups excluding carboxylic acids is 1. The van der Waals surface area contributed by atoms with Crippen LogP contribution in [0.25, 0.3) is 4.85 Å². The van der Waals surface area contributed by atoms with Crippen LogP contribution in [0.4, 0.5) is 4.79 Å². The molecule has 0 radical (unpaired) electrons. The van der Waals surface area contributed by atoms with Crippen LogP contribution in [0.15, 0.2) is 12.7 Å². The number of aliphatic carboxylic acids is 1. The van der Waals surface area contributed by atoms with E-state index in [0.29, 0.717) is 13.0 Å². The van der Waals surface area contributed by atoms with E-state index in [4.69, 9.17) is 14.6 Å². The van der Waals surface area contributed by atoms with Crippen molar-refractivity contribution in [2.45, 2.75) is 39.2 Å². The lowest BCUT2D eigenvalue weighted by atomic mass is 10.1. The summed E-state index contributed by atoms with van der Waals surface area (Å²) >= 11 is 0. The van der Waals surface area contributed by atoms with Crippen LogP contribution in [-0.4, -0.2) is 36.0 Å². The van der Waals surface area contributed by atoms with E-state index in [1.54, 1.807) is 26.8 Å². The zero-order valence-corrected chi connectivity index (χ0v) is 12.2. The van der Waals surface area contributed by atoms with Gasteiger partial charge in [-0.15, -0.1) is 6.58 Å². The van der Waals surface area contributed by atoms with E-state index in [1.807, 2.05) is 0 Å². The van der Waals surface area contributed by atoms with Crippen LogP contribution in [0.2, 0.25) is 0 Å². The van der Waals surface area contributed by atoms with Gasteiger partial charge >= 0.3 is 18.1 Å². The van der Waals surface area contributed by atoms with Gasteiger partial charge in [-0.3, -0.25) is 4.79 Å². The number of amides is 1. The number of ether oxygens (including phenoxy) is 2. The molecule has 0 fully saturated rings. The van der Waals surface area contributed by atoms with Crippen molar-refractivity contribution in [3.8, 4) is 6.07 Å². The summed E-state index contributed by atoms with van der Waals surface area (Å²) in [6, 6.07) is 2.28. The largest absolute Gasteiger partial charge is 0.728 e. The molecule has 20 heavy (non-hydrogen) atoms. The summed E-state index contributed by atoms with van der Waals surface area (Å²) in [7, 11) is 0. The minimum Gasteiger partial charge on any atom is -0.480 e. The van der Waals surface area contributed by atoms with Crippen molar-refractivity contribution < 1.29 is 24.2 Å². The second-order valence-corrected chi connectivity index (χ2v) is 5.09. The lowest BCUT2D eigenvalue weighted by Crippen LogP contribution is -2.21. The summed E-state index contributed by atoms with van der Waals surface area (Å²) < 4.78 is 10.1. The van der Waals surface area contributed by atoms with E-state index in [1.165, 1.54) is 0 Å². The molecule has 0 aliphatic rings. The molecule has 0 saturated carbocycles. The third kappa shape index (κ3) is 10.1. The highest BCUT2D eigenvalue weighted by Gasteiger charge is 2.26. The van der Waals surface area contributed by atoms with Gasteiger partial charge < -0.3 is 14.6 Å². The first kappa shape index (κ1) is 18.1. The van der Waals surface area contributed by atoms with Crippen molar-refractivity contribution in [2.24, 2.45) is 5.92 Å². The van der Waals surface area contributed by atoms with Crippen molar-refractivity contribution >= 4 is 12.1 Å². The predicted molar refractivity (Wildman–Crippen MR) is 74.9 cm³/mol. The van der Waals surface area contributed by atoms with Crippen LogP contribution in [0.5, 0.6) is 0 Å². The molecule has 0 heterocycles. The summed E-state index contributed by atoms with van der Waals surface area (Å²) in [6.45, 7) is 9.37. The molecular weight excluding hydrogens is 262 g/mol. The van der Waals surface area contributed by atoms with E-state index in [9.17, 15) is 9.59 Å². The van der Waals surface area contributed by atoms with Crippen molar-refractivity contribution in [1.82, 2.24) is 0 Å². The van der Waals surface area contributed by atoms with Crippen molar-refractivity contribution in [1.29, 1.82) is 0 Å². The highest BCUT2D eigenvalue weighted by Crippen LogP contribution is 2.09. The Kier molecular flexibility index (Phi) is 8.25. The Morgan fingerprint density at radius 3 is 2.55 bits per heavy atom. The average molecular weight is 284 g/mol. The molecule has 112 valence electrons. The van der Waals surface area contributed by atoms with Gasteiger partial charge in [0.1, 0.15) is 5.60 Å². The number of carbonyl (C=O) groups is 2. The molecule has 0 bridgehead atoms. The predicted octanol–water partition coefficient (Wildman–Crippen LogP) is 2.94. The maximum absolute atomic E-state index is 11.3. The highest BCUT2D eigenvalue weighted by atomic mass is 16.6. The first-order chi connectivity index (χ1) is 9.26. The van der Waals surface area contributed by atoms with E-state index in [2.05, 4.69) is 17.5 Å². The van der Waals surface area contributed by atoms with Crippen molar-refractivity contribution in [3.63, 3.8) is 0 Å². The normalized spacial score (nSPS) is 11.9. The lowest BCUT2D eigenvalue weighted by Gasteiger charge is -2.12. The van der Waals surface area contributed by atoms with Gasteiger partial charge in [0.05, 0.1) is 4.85 Å². The number of carboxylic acids is 1. The minimum atomic E-state index is -1.11. The molecule has 0 aliphatic heterocycles. The summed E-state index contributed by atoms with van der Waals surface area (Å²) in [5.74, 6) is -2.10. The number of nitrogens with zero attached hydrogens (tertiary/aromatic N) is 1. The Balaban J connectivity index is 4.31. The third-order valence-electron chi connectivity index (χ3n) is 2.02. The fourth-order valence-electron chi connectivity index (χ4n) is 1.13. The zero-order valence-electron chi connectivity index (χ0n) is 12.2. The molecule has 6 heteroatoms. The molecular formula is C14H22NO5+. The van der Waals surface area contributed by atoms with E-state index >= 15 is 0 Å². The molecule has 0 aromatic rings. The number of carboxylic acid groups (broad SMARTS) is 1. The van der Waals surface area contributed by atoms with Crippen LogP contribution >= 0.6 is 0 Å². The Morgan fingerprint density at radius 1 is 1.40 bits per heavy atom. The summed E-state index contributed by atoms with van der Waals surface area (Å²) in [5, 5.41) is 8.98. The van der Waals surface area contributed by atoms with Gasteiger partial charge in [-0.05, 0) is 27.2 Å². The Hall–Kier alpha value is -1.87. The molecule has 0 aromatic heterocycles. The summed E-state index contributed by atoms with van der Waals surface area (Å²) in [6.07, 6.45) is 1.76. The molecule has 0 rings (SSSR count). The van der Waals surface area contributed by atoms with Gasteiger partial charge in [0.25, 0.3) is 0 Å². The van der Waals surface area contributed by atoms with Gasteiger partial charge in [-0.1, -0.05) is 6.08 Å². The Morgan fingerprint density at radius 2 is 2.05 bits per heavy atom. The van der Waals surface area contributed by atoms with Crippen LogP contribution in [0, 0.1) is 12.0 Å². The second-order valence-electron chi connectivity index (χ2n) is 5.09. The zero-order chi connectivity index (χ0) is 15.6. The number of rotatable bonds is 7. The van der Waals surface area contributed by atoms with E-state index < -0.39 is 23.6 Å². The Labute approximate surface area is 119 Å². The highest BCUT2D eigenvalue weighted by molar-refractivity contribution is 5.81. The molecule has 0 spiro atoms. The quantitative estimate of drug-likeness (QED) is 0.574. The number of hydrogen-bond donors (Lipinski definition) is 1. The van der Waals surface area contributed by atoms with Crippen LogP contribution in [0.3, 0.4) is 0 Å². The van der Waals surface area contributed by atoms with Gasteiger partial charge in [0.15, 0.2) is 5.92 Å². The van der Waals surface area contributed by atoms with E-state index in [0.717, 1.165) is 0 Å². The lowest BCUT2D eigenvalue weighted by molar-refractivity contribution is -0.140. The van der Waals surface area contributed by atoms with Gasteiger partial charge in [0, 0.05) is 19.6 Å². The van der Waals surface area contributed by atoms with Crippen molar-refractivity contribution in [2.75, 3.05) is 13.2 Å². The SMILES string of the molecule is C=CCCOCCC(C#[N+]C(=O)OC(C)(C)C)C(=O)O. The fourth-order valence-corrected chi connectivity index (χ4v) is 1.13. The molecule has 1 atom stereocenters. The first-order valence-corrected chi connectivity index (χ1v) is 6.37. The average Bonchev–Trinajstić information content (AvgIpc) is 2.29. The maximum Gasteiger partial charge on any atom is 0.728 e. The molecule has 1 amide bonds. The smallest absolute Gasteiger partial charge is 0.480 e. The van der Waals surface area contributed by atoms with Gasteiger partial charge in [-0.25, -0.2) is 0 Å². The fraction of sp³-hybridized carbons (Fsp3) is 0.643. The minimum absolute atomic E-state index is 0.193. The van der Waals surface area contributed by atoms with Crippen LogP contribution in [0.1, 0.15) is 33.6 Å². The van der Waals surface area contributed by atoms with Gasteiger partial charge in [-0.2, -0.15) is 4.79 Å². The topological polar surface area (TPSA) is 77.2 Å². The third-order valence-corrected chi connectivity index (χ3v) is 2.02. The molecule has 1 N–H and O–H groups in total. The molecule has 0 saturated heterocycles. The maximum atomic E-state index is 11.3. The molecule has 0 aromatic carbocycles. The molecule has 6 nitrogen and oxygen atoms in total. The monoisotopic (exact) mass is 284 g/mol. The Bertz CT molecular complexity index is 400. The van der Waals surface area contributed by atoms with Crippen molar-refractivity contribution in [3.05, 3.63) is 17.5 Å². The number of hydrogen-bond acceptors (Lipinski definition) is 4. The summed E-state index contributed by atoms with van der Waals surface area (Å²) in [4.78, 5) is 25.7. The molecule has 1 unspecified atom stereocenters. The molecule has 0 aliphatic carbocycles. The summed E-state index contributed by atoms with van der Waals surface area (Å²) in [5.41, 5.74) is -0.672. The van der Waals surface area contributed by atoms with Gasteiger partial charge in [0.2, 0.25) is 0 Å². The second kappa shape index (κ2) is 9.10. The van der Waals surface area contributed by atoms with E-state index in [-0.39, 0.29) is 13.0 Å². The standard InChI is InChI=1S/C14H21NO5/c1-5-6-8-19-9-7-11(12(16)17)10-15-13(18)20-14(2,3)4/h5,11H,1,6-9H2,2-4H3/p+1. The first-order valence-electron chi connectivity index (χ1n) is 6.37. The van der Waals surface area contributed by atoms with Crippen LogP contribution in [-0.2, 0) is 14.3 Å². The van der Waals surface area contributed by atoms with Crippen LogP contribution < -0.4 is 0 Å².